The third-order valence-corrected chi connectivity index (χ3v) is 3.26. The number of benzene rings is 1. The van der Waals surface area contributed by atoms with E-state index >= 15 is 0 Å². The maximum absolute atomic E-state index is 12.7. The first-order valence-corrected chi connectivity index (χ1v) is 7.26. The normalized spacial score (nSPS) is 12.7. The lowest BCUT2D eigenvalue weighted by molar-refractivity contribution is -0.137. The molecule has 9 heteroatoms. The molecule has 2 aromatic rings. The summed E-state index contributed by atoms with van der Waals surface area (Å²) in [5, 5.41) is 8.79. The number of carbonyl (C=O) groups excluding carboxylic acids is 1. The van der Waals surface area contributed by atoms with Gasteiger partial charge in [0.2, 0.25) is 5.89 Å². The zero-order chi connectivity index (χ0) is 17.7. The number of hydrogen-bond acceptors (Lipinski definition) is 4. The van der Waals surface area contributed by atoms with Gasteiger partial charge in [0.25, 0.3) is 0 Å². The number of alkyl halides is 3. The lowest BCUT2D eigenvalue weighted by Gasteiger charge is -2.16. The predicted octanol–water partition coefficient (Wildman–Crippen LogP) is 3.00. The van der Waals surface area contributed by atoms with Gasteiger partial charge in [-0.2, -0.15) is 18.2 Å². The number of nitrogens with one attached hydrogen (secondary N) is 2. The molecular weight excluding hydrogens is 325 g/mol. The number of nitrogens with zero attached hydrogens (tertiary/aromatic N) is 2. The van der Waals surface area contributed by atoms with E-state index < -0.39 is 23.8 Å². The fraction of sp³-hybridized carbons (Fsp3) is 0.400. The van der Waals surface area contributed by atoms with Crippen LogP contribution >= 0.6 is 0 Å². The molecule has 0 radical (unpaired) electrons. The second-order valence-corrected chi connectivity index (χ2v) is 5.23. The first-order valence-electron chi connectivity index (χ1n) is 7.26. The Hall–Kier alpha value is -2.58. The van der Waals surface area contributed by atoms with Crippen LogP contribution in [0.15, 0.2) is 28.8 Å². The maximum atomic E-state index is 12.7. The zero-order valence-corrected chi connectivity index (χ0v) is 13.1. The highest BCUT2D eigenvalue weighted by molar-refractivity contribution is 5.74. The summed E-state index contributed by atoms with van der Waals surface area (Å²) < 4.78 is 43.0. The van der Waals surface area contributed by atoms with Crippen LogP contribution in [0.3, 0.4) is 0 Å². The van der Waals surface area contributed by atoms with Gasteiger partial charge >= 0.3 is 12.2 Å². The second-order valence-electron chi connectivity index (χ2n) is 5.23. The molecule has 1 aromatic heterocycles. The van der Waals surface area contributed by atoms with Crippen LogP contribution < -0.4 is 10.6 Å². The highest BCUT2D eigenvalue weighted by Gasteiger charge is 2.30. The van der Waals surface area contributed by atoms with Crippen LogP contribution in [0.25, 0.3) is 0 Å². The average Bonchev–Trinajstić information content (AvgIpc) is 2.92. The van der Waals surface area contributed by atoms with Crippen LogP contribution in [-0.2, 0) is 12.6 Å². The minimum atomic E-state index is -4.42. The number of rotatable bonds is 5. The number of carbonyl (C=O) groups is 1. The minimum absolute atomic E-state index is 0.267. The number of hydrogen-bond donors (Lipinski definition) is 2. The van der Waals surface area contributed by atoms with Crippen LogP contribution in [0.1, 0.15) is 35.8 Å². The summed E-state index contributed by atoms with van der Waals surface area (Å²) in [4.78, 5) is 15.8. The Bertz CT molecular complexity index is 700. The van der Waals surface area contributed by atoms with Crippen molar-refractivity contribution in [2.75, 3.05) is 6.54 Å². The number of aromatic nitrogens is 2. The fourth-order valence-electron chi connectivity index (χ4n) is 2.04. The van der Waals surface area contributed by atoms with Crippen molar-refractivity contribution in [2.45, 2.75) is 32.5 Å². The van der Waals surface area contributed by atoms with Crippen LogP contribution in [0.2, 0.25) is 0 Å². The molecule has 0 fully saturated rings. The number of amides is 2. The Balaban J connectivity index is 1.85. The van der Waals surface area contributed by atoms with Gasteiger partial charge in [0.05, 0.1) is 11.6 Å². The van der Waals surface area contributed by atoms with Gasteiger partial charge < -0.3 is 15.2 Å². The molecule has 6 nitrogen and oxygen atoms in total. The molecule has 1 heterocycles. The van der Waals surface area contributed by atoms with E-state index in [2.05, 4.69) is 20.8 Å². The molecule has 0 saturated carbocycles. The molecule has 2 rings (SSSR count). The molecule has 2 amide bonds. The van der Waals surface area contributed by atoms with Crippen LogP contribution in [0.4, 0.5) is 18.0 Å². The third kappa shape index (κ3) is 4.97. The summed E-state index contributed by atoms with van der Waals surface area (Å²) in [6.45, 7) is 3.56. The molecule has 24 heavy (non-hydrogen) atoms. The van der Waals surface area contributed by atoms with E-state index in [4.69, 9.17) is 4.52 Å². The lowest BCUT2D eigenvalue weighted by Crippen LogP contribution is -2.38. The van der Waals surface area contributed by atoms with Crippen molar-refractivity contribution in [3.05, 3.63) is 47.1 Å². The van der Waals surface area contributed by atoms with Gasteiger partial charge in [-0.3, -0.25) is 0 Å². The van der Waals surface area contributed by atoms with Gasteiger partial charge in [-0.05, 0) is 31.5 Å². The Morgan fingerprint density at radius 3 is 2.75 bits per heavy atom. The van der Waals surface area contributed by atoms with Gasteiger partial charge in [0, 0.05) is 13.0 Å². The fourth-order valence-corrected chi connectivity index (χ4v) is 2.04. The average molecular weight is 342 g/mol. The Kier molecular flexibility index (Phi) is 5.42. The van der Waals surface area contributed by atoms with E-state index in [1.54, 1.807) is 13.8 Å². The minimum Gasteiger partial charge on any atom is -0.339 e. The molecule has 1 aromatic carbocycles. The summed E-state index contributed by atoms with van der Waals surface area (Å²) in [5.41, 5.74) is -0.381. The summed E-state index contributed by atoms with van der Waals surface area (Å²) in [6, 6.07) is 3.79. The largest absolute Gasteiger partial charge is 0.416 e. The first kappa shape index (κ1) is 17.8. The smallest absolute Gasteiger partial charge is 0.339 e. The number of halogens is 3. The van der Waals surface area contributed by atoms with E-state index in [9.17, 15) is 18.0 Å². The Morgan fingerprint density at radius 1 is 1.38 bits per heavy atom. The SMILES string of the molecule is Cc1noc(CCNC(=O)N[C@@H](C)c2cccc(C(F)(F)F)c2)n1. The van der Waals surface area contributed by atoms with Crippen molar-refractivity contribution in [1.82, 2.24) is 20.8 Å². The summed E-state index contributed by atoms with van der Waals surface area (Å²) in [6.07, 6.45) is -4.05. The van der Waals surface area contributed by atoms with Crippen molar-refractivity contribution < 1.29 is 22.5 Å². The molecule has 0 saturated heterocycles. The topological polar surface area (TPSA) is 80.0 Å². The van der Waals surface area contributed by atoms with Crippen molar-refractivity contribution in [3.8, 4) is 0 Å². The molecule has 0 unspecified atom stereocenters. The maximum Gasteiger partial charge on any atom is 0.416 e. The van der Waals surface area contributed by atoms with Crippen molar-refractivity contribution in [3.63, 3.8) is 0 Å². The van der Waals surface area contributed by atoms with Crippen molar-refractivity contribution >= 4 is 6.03 Å². The molecule has 0 aliphatic carbocycles. The number of aryl methyl sites for hydroxylation is 1. The molecule has 0 bridgehead atoms. The Labute approximate surface area is 136 Å². The van der Waals surface area contributed by atoms with Gasteiger partial charge in [-0.1, -0.05) is 17.3 Å². The summed E-state index contributed by atoms with van der Waals surface area (Å²) >= 11 is 0. The van der Waals surface area contributed by atoms with Gasteiger partial charge in [0.15, 0.2) is 5.82 Å². The van der Waals surface area contributed by atoms with Crippen molar-refractivity contribution in [2.24, 2.45) is 0 Å². The van der Waals surface area contributed by atoms with Crippen LogP contribution in [0.5, 0.6) is 0 Å². The number of urea groups is 1. The van der Waals surface area contributed by atoms with Gasteiger partial charge in [0.1, 0.15) is 0 Å². The molecule has 1 atom stereocenters. The van der Waals surface area contributed by atoms with Gasteiger partial charge in [-0.15, -0.1) is 0 Å². The van der Waals surface area contributed by atoms with Crippen LogP contribution in [0, 0.1) is 6.92 Å². The van der Waals surface area contributed by atoms with Gasteiger partial charge in [-0.25, -0.2) is 4.79 Å². The second kappa shape index (κ2) is 7.33. The molecule has 0 aliphatic heterocycles. The lowest BCUT2D eigenvalue weighted by atomic mass is 10.1. The summed E-state index contributed by atoms with van der Waals surface area (Å²) in [7, 11) is 0. The molecule has 130 valence electrons. The highest BCUT2D eigenvalue weighted by atomic mass is 19.4. The molecule has 0 spiro atoms. The quantitative estimate of drug-likeness (QED) is 0.875. The zero-order valence-electron chi connectivity index (χ0n) is 13.1. The van der Waals surface area contributed by atoms with E-state index in [0.29, 0.717) is 23.7 Å². The Morgan fingerprint density at radius 2 is 2.12 bits per heavy atom. The molecular formula is C15H17F3N4O2. The highest BCUT2D eigenvalue weighted by Crippen LogP contribution is 2.30. The van der Waals surface area contributed by atoms with E-state index in [0.717, 1.165) is 12.1 Å². The monoisotopic (exact) mass is 342 g/mol. The predicted molar refractivity (Wildman–Crippen MR) is 79.1 cm³/mol. The van der Waals surface area contributed by atoms with E-state index in [-0.39, 0.29) is 6.54 Å². The standard InChI is InChI=1S/C15H17F3N4O2/c1-9(11-4-3-5-12(8-11)15(16,17)18)20-14(23)19-7-6-13-21-10(2)22-24-13/h3-5,8-9H,6-7H2,1-2H3,(H2,19,20,23)/t9-/m0/s1. The summed E-state index contributed by atoms with van der Waals surface area (Å²) in [5.74, 6) is 0.909. The third-order valence-electron chi connectivity index (χ3n) is 3.26. The first-order chi connectivity index (χ1) is 11.3. The van der Waals surface area contributed by atoms with E-state index in [1.165, 1.54) is 12.1 Å². The molecule has 0 aliphatic rings. The molecule has 2 N–H and O–H groups in total. The van der Waals surface area contributed by atoms with Crippen LogP contribution in [-0.4, -0.2) is 22.7 Å². The van der Waals surface area contributed by atoms with E-state index in [1.807, 2.05) is 0 Å². The van der Waals surface area contributed by atoms with Crippen molar-refractivity contribution in [1.29, 1.82) is 0 Å².